The largest absolute Gasteiger partial charge is 0.478 e. The number of nitrogens with zero attached hydrogens (tertiary/aromatic N) is 2. The number of carbonyl (C=O) groups excluding carboxylic acids is 1. The maximum atomic E-state index is 13.1. The Labute approximate surface area is 214 Å². The van der Waals surface area contributed by atoms with E-state index in [1.807, 2.05) is 42.3 Å². The number of likely N-dealkylation sites (N-methyl/N-ethyl adjacent to an activating group) is 1. The molecule has 0 aliphatic carbocycles. The summed E-state index contributed by atoms with van der Waals surface area (Å²) in [7, 11) is 1.93. The Hall–Kier alpha value is -2.64. The minimum Gasteiger partial charge on any atom is -0.478 e. The summed E-state index contributed by atoms with van der Waals surface area (Å²) < 4.78 is 5.53. The smallest absolute Gasteiger partial charge is 0.340 e. The van der Waals surface area contributed by atoms with Gasteiger partial charge in [-0.3, -0.25) is 9.88 Å². The monoisotopic (exact) mass is 522 g/mol. The van der Waals surface area contributed by atoms with E-state index in [4.69, 9.17) is 27.9 Å². The molecule has 0 unspecified atom stereocenters. The number of carboxylic acids is 1. The predicted molar refractivity (Wildman–Crippen MR) is 136 cm³/mol. The molecule has 0 saturated carbocycles. The number of hydrogen-bond acceptors (Lipinski definition) is 5. The molecule has 0 fully saturated rings. The van der Waals surface area contributed by atoms with Crippen LogP contribution in [-0.2, 0) is 11.3 Å². The highest BCUT2D eigenvalue weighted by atomic mass is 35.5. The number of rotatable bonds is 8. The first kappa shape index (κ1) is 27.6. The molecule has 180 valence electrons. The van der Waals surface area contributed by atoms with Gasteiger partial charge in [0.15, 0.2) is 0 Å². The van der Waals surface area contributed by atoms with Crippen molar-refractivity contribution in [3.63, 3.8) is 0 Å². The van der Waals surface area contributed by atoms with E-state index in [0.717, 1.165) is 5.56 Å². The average molecular weight is 524 g/mol. The van der Waals surface area contributed by atoms with Gasteiger partial charge in [0.1, 0.15) is 6.61 Å². The highest BCUT2D eigenvalue weighted by molar-refractivity contribution is 6.44. The molecule has 3 rings (SSSR count). The Bertz CT molecular complexity index is 1190. The summed E-state index contributed by atoms with van der Waals surface area (Å²) >= 11 is 12.6. The molecule has 0 atom stereocenters. The summed E-state index contributed by atoms with van der Waals surface area (Å²) in [5.74, 6) is -1.88. The van der Waals surface area contributed by atoms with Gasteiger partial charge in [0.2, 0.25) is 0 Å². The van der Waals surface area contributed by atoms with Crippen molar-refractivity contribution in [1.29, 1.82) is 0 Å². The minimum absolute atomic E-state index is 0. The van der Waals surface area contributed by atoms with E-state index in [2.05, 4.69) is 4.98 Å². The van der Waals surface area contributed by atoms with E-state index in [1.54, 1.807) is 32.0 Å². The quantitative estimate of drug-likeness (QED) is 0.360. The number of ether oxygens (including phenoxy) is 1. The molecule has 0 aliphatic rings. The summed E-state index contributed by atoms with van der Waals surface area (Å²) in [6.45, 7) is 4.54. The molecule has 1 N–H and O–H groups in total. The SMILES string of the molecule is Cc1nc(C)c(C(=O)OCCN(C)Cc2ccccc2)c(-c2cccc(Cl)c2Cl)c1C(=O)O.Cl. The standard InChI is InChI=1S/C25H24Cl2N2O4.ClH/c1-15-20(24(30)31)22(18-10-7-11-19(26)23(18)27)21(16(2)28-15)25(32)33-13-12-29(3)14-17-8-5-4-6-9-17;/h4-11H,12-14H2,1-3H3,(H,30,31);1H. The molecule has 1 heterocycles. The number of aromatic nitrogens is 1. The van der Waals surface area contributed by atoms with Gasteiger partial charge >= 0.3 is 11.9 Å². The van der Waals surface area contributed by atoms with E-state index < -0.39 is 11.9 Å². The number of hydrogen-bond donors (Lipinski definition) is 1. The van der Waals surface area contributed by atoms with E-state index in [1.165, 1.54) is 0 Å². The Morgan fingerprint density at radius 1 is 1.00 bits per heavy atom. The zero-order valence-electron chi connectivity index (χ0n) is 19.0. The van der Waals surface area contributed by atoms with Gasteiger partial charge in [-0.25, -0.2) is 9.59 Å². The summed E-state index contributed by atoms with van der Waals surface area (Å²) in [5, 5.41) is 10.3. The Morgan fingerprint density at radius 2 is 1.65 bits per heavy atom. The van der Waals surface area contributed by atoms with Crippen LogP contribution < -0.4 is 0 Å². The van der Waals surface area contributed by atoms with Gasteiger partial charge in [-0.15, -0.1) is 12.4 Å². The van der Waals surface area contributed by atoms with Crippen molar-refractivity contribution in [2.75, 3.05) is 20.2 Å². The normalized spacial score (nSPS) is 10.6. The van der Waals surface area contributed by atoms with Crippen LogP contribution in [0.25, 0.3) is 11.1 Å². The molecular weight excluding hydrogens is 499 g/mol. The number of aromatic carboxylic acids is 1. The van der Waals surface area contributed by atoms with Crippen LogP contribution in [0.4, 0.5) is 0 Å². The number of pyridine rings is 1. The van der Waals surface area contributed by atoms with E-state index in [9.17, 15) is 14.7 Å². The summed E-state index contributed by atoms with van der Waals surface area (Å²) in [4.78, 5) is 31.5. The average Bonchev–Trinajstić information content (AvgIpc) is 2.75. The first-order valence-electron chi connectivity index (χ1n) is 10.3. The summed E-state index contributed by atoms with van der Waals surface area (Å²) in [5.41, 5.74) is 2.21. The van der Waals surface area contributed by atoms with E-state index in [-0.39, 0.29) is 51.4 Å². The highest BCUT2D eigenvalue weighted by Crippen LogP contribution is 2.39. The van der Waals surface area contributed by atoms with Crippen molar-refractivity contribution in [3.8, 4) is 11.1 Å². The highest BCUT2D eigenvalue weighted by Gasteiger charge is 2.28. The van der Waals surface area contributed by atoms with Gasteiger partial charge in [0.05, 0.1) is 32.6 Å². The Balaban J connectivity index is 0.00000408. The van der Waals surface area contributed by atoms with Gasteiger partial charge in [-0.05, 0) is 32.5 Å². The van der Waals surface area contributed by atoms with Crippen LogP contribution in [0.1, 0.15) is 37.7 Å². The van der Waals surface area contributed by atoms with E-state index in [0.29, 0.717) is 24.3 Å². The maximum Gasteiger partial charge on any atom is 0.340 e. The van der Waals surface area contributed by atoms with Gasteiger partial charge < -0.3 is 9.84 Å². The molecule has 0 radical (unpaired) electrons. The van der Waals surface area contributed by atoms with Crippen LogP contribution >= 0.6 is 35.6 Å². The lowest BCUT2D eigenvalue weighted by atomic mass is 9.92. The third-order valence-electron chi connectivity index (χ3n) is 5.20. The van der Waals surface area contributed by atoms with Crippen LogP contribution in [0.15, 0.2) is 48.5 Å². The molecule has 3 aromatic rings. The molecule has 0 bridgehead atoms. The fourth-order valence-electron chi connectivity index (χ4n) is 3.67. The van der Waals surface area contributed by atoms with Crippen LogP contribution in [0.5, 0.6) is 0 Å². The third-order valence-corrected chi connectivity index (χ3v) is 6.02. The molecule has 9 heteroatoms. The number of benzene rings is 2. The minimum atomic E-state index is -1.22. The Kier molecular flexibility index (Phi) is 9.89. The zero-order chi connectivity index (χ0) is 24.1. The molecule has 0 aliphatic heterocycles. The zero-order valence-corrected chi connectivity index (χ0v) is 21.3. The molecule has 2 aromatic carbocycles. The van der Waals surface area contributed by atoms with Crippen LogP contribution in [0.3, 0.4) is 0 Å². The second-order valence-corrected chi connectivity index (χ2v) is 8.46. The number of carbonyl (C=O) groups is 2. The fourth-order valence-corrected chi connectivity index (χ4v) is 4.06. The number of carboxylic acid groups (broad SMARTS) is 1. The lowest BCUT2D eigenvalue weighted by Crippen LogP contribution is -2.25. The maximum absolute atomic E-state index is 13.1. The van der Waals surface area contributed by atoms with Crippen molar-refractivity contribution >= 4 is 47.5 Å². The topological polar surface area (TPSA) is 79.7 Å². The van der Waals surface area contributed by atoms with Gasteiger partial charge in [0, 0.05) is 24.2 Å². The number of halogens is 3. The predicted octanol–water partition coefficient (Wildman–Crippen LogP) is 6.08. The van der Waals surface area contributed by atoms with Crippen molar-refractivity contribution < 1.29 is 19.4 Å². The Morgan fingerprint density at radius 3 is 2.29 bits per heavy atom. The van der Waals surface area contributed by atoms with Crippen LogP contribution in [0.2, 0.25) is 10.0 Å². The lowest BCUT2D eigenvalue weighted by molar-refractivity contribution is 0.0470. The molecule has 0 saturated heterocycles. The van der Waals surface area contributed by atoms with E-state index >= 15 is 0 Å². The van der Waals surface area contributed by atoms with Crippen molar-refractivity contribution in [1.82, 2.24) is 9.88 Å². The van der Waals surface area contributed by atoms with Crippen molar-refractivity contribution in [2.45, 2.75) is 20.4 Å². The molecule has 6 nitrogen and oxygen atoms in total. The second kappa shape index (κ2) is 12.2. The van der Waals surface area contributed by atoms with Gasteiger partial charge in [-0.1, -0.05) is 65.7 Å². The van der Waals surface area contributed by atoms with Crippen LogP contribution in [0, 0.1) is 13.8 Å². The molecule has 0 amide bonds. The molecule has 1 aromatic heterocycles. The fraction of sp³-hybridized carbons (Fsp3) is 0.240. The van der Waals surface area contributed by atoms with Crippen molar-refractivity contribution in [2.24, 2.45) is 0 Å². The number of esters is 1. The van der Waals surface area contributed by atoms with Gasteiger partial charge in [0.25, 0.3) is 0 Å². The molecule has 34 heavy (non-hydrogen) atoms. The number of aryl methyl sites for hydroxylation is 2. The summed E-state index contributed by atoms with van der Waals surface area (Å²) in [6, 6.07) is 14.8. The van der Waals surface area contributed by atoms with Gasteiger partial charge in [-0.2, -0.15) is 0 Å². The third kappa shape index (κ3) is 6.27. The molecule has 0 spiro atoms. The van der Waals surface area contributed by atoms with Crippen molar-refractivity contribution in [3.05, 3.63) is 86.7 Å². The first-order valence-corrected chi connectivity index (χ1v) is 11.0. The second-order valence-electron chi connectivity index (χ2n) is 7.67. The van der Waals surface area contributed by atoms with Crippen LogP contribution in [-0.4, -0.2) is 47.1 Å². The lowest BCUT2D eigenvalue weighted by Gasteiger charge is -2.19. The first-order chi connectivity index (χ1) is 15.7. The summed E-state index contributed by atoms with van der Waals surface area (Å²) in [6.07, 6.45) is 0. The molecular formula is C25H25Cl3N2O4.